The van der Waals surface area contributed by atoms with Crippen molar-refractivity contribution in [3.8, 4) is 0 Å². The fourth-order valence-electron chi connectivity index (χ4n) is 2.81. The molecule has 22 heavy (non-hydrogen) atoms. The van der Waals surface area contributed by atoms with Crippen LogP contribution in [0, 0.1) is 5.92 Å². The normalized spacial score (nSPS) is 21.1. The van der Waals surface area contributed by atoms with Gasteiger partial charge in [0.05, 0.1) is 12.2 Å². The van der Waals surface area contributed by atoms with Crippen LogP contribution in [-0.2, 0) is 13.1 Å². The average Bonchev–Trinajstić information content (AvgIpc) is 3.18. The summed E-state index contributed by atoms with van der Waals surface area (Å²) in [6.07, 6.45) is 6.24. The maximum absolute atomic E-state index is 5.53. The number of aromatic nitrogens is 1. The van der Waals surface area contributed by atoms with Gasteiger partial charge in [-0.25, -0.2) is 4.98 Å². The van der Waals surface area contributed by atoms with E-state index in [9.17, 15) is 0 Å². The Hall–Kier alpha value is -1.91. The second kappa shape index (κ2) is 6.90. The number of oxazole rings is 1. The molecule has 2 aromatic rings. The summed E-state index contributed by atoms with van der Waals surface area (Å²) >= 11 is 0. The third-order valence-corrected chi connectivity index (χ3v) is 4.15. The van der Waals surface area contributed by atoms with Crippen molar-refractivity contribution < 1.29 is 4.42 Å². The summed E-state index contributed by atoms with van der Waals surface area (Å²) in [6.45, 7) is 3.32. The van der Waals surface area contributed by atoms with E-state index >= 15 is 0 Å². The van der Waals surface area contributed by atoms with Crippen LogP contribution in [0.2, 0.25) is 0 Å². The van der Waals surface area contributed by atoms with E-state index < -0.39 is 0 Å². The van der Waals surface area contributed by atoms with Crippen LogP contribution in [-0.4, -0.2) is 11.0 Å². The molecular formula is C18H23N3O. The minimum atomic E-state index is 0.426. The van der Waals surface area contributed by atoms with E-state index in [0.717, 1.165) is 18.0 Å². The number of hydrogen-bond donors (Lipinski definition) is 2. The van der Waals surface area contributed by atoms with Gasteiger partial charge in [-0.05, 0) is 24.3 Å². The van der Waals surface area contributed by atoms with Gasteiger partial charge in [0.25, 0.3) is 0 Å². The highest BCUT2D eigenvalue weighted by atomic mass is 16.3. The average molecular weight is 297 g/mol. The molecule has 1 aromatic heterocycles. The highest BCUT2D eigenvalue weighted by Gasteiger charge is 2.38. The lowest BCUT2D eigenvalue weighted by atomic mass is 10.0. The fraction of sp³-hybridized carbons (Fsp3) is 0.389. The molecule has 1 fully saturated rings. The van der Waals surface area contributed by atoms with Crippen LogP contribution in [0.1, 0.15) is 36.9 Å². The zero-order chi connectivity index (χ0) is 15.4. The van der Waals surface area contributed by atoms with Crippen LogP contribution >= 0.6 is 0 Å². The van der Waals surface area contributed by atoms with Crippen molar-refractivity contribution in [1.82, 2.24) is 10.3 Å². The molecule has 0 radical (unpaired) electrons. The van der Waals surface area contributed by atoms with Crippen molar-refractivity contribution in [2.45, 2.75) is 38.9 Å². The molecule has 1 aliphatic rings. The minimum Gasteiger partial charge on any atom is -0.447 e. The third-order valence-electron chi connectivity index (χ3n) is 4.15. The molecule has 1 aromatic carbocycles. The first-order valence-corrected chi connectivity index (χ1v) is 7.92. The molecule has 1 heterocycles. The number of nitrogens with one attached hydrogen (secondary N) is 1. The van der Waals surface area contributed by atoms with Crippen molar-refractivity contribution in [3.63, 3.8) is 0 Å². The van der Waals surface area contributed by atoms with E-state index in [1.807, 2.05) is 0 Å². The van der Waals surface area contributed by atoms with Crippen molar-refractivity contribution >= 4 is 6.08 Å². The smallest absolute Gasteiger partial charge is 0.208 e. The van der Waals surface area contributed by atoms with Gasteiger partial charge in [0, 0.05) is 12.6 Å². The Morgan fingerprint density at radius 2 is 2.23 bits per heavy atom. The Morgan fingerprint density at radius 1 is 1.41 bits per heavy atom. The first-order chi connectivity index (χ1) is 10.8. The number of rotatable bonds is 7. The van der Waals surface area contributed by atoms with Gasteiger partial charge in [0.2, 0.25) is 5.89 Å². The molecule has 4 heteroatoms. The Morgan fingerprint density at radius 3 is 2.91 bits per heavy atom. The van der Waals surface area contributed by atoms with Gasteiger partial charge in [-0.3, -0.25) is 0 Å². The zero-order valence-corrected chi connectivity index (χ0v) is 13.0. The molecule has 116 valence electrons. The first kappa shape index (κ1) is 15.0. The Kier molecular flexibility index (Phi) is 4.71. The molecule has 0 spiro atoms. The van der Waals surface area contributed by atoms with Gasteiger partial charge in [-0.1, -0.05) is 48.9 Å². The Bertz CT molecular complexity index is 633. The van der Waals surface area contributed by atoms with E-state index in [1.54, 1.807) is 6.26 Å². The predicted octanol–water partition coefficient (Wildman–Crippen LogP) is 3.11. The maximum atomic E-state index is 5.53. The van der Waals surface area contributed by atoms with E-state index in [2.05, 4.69) is 53.6 Å². The molecule has 0 amide bonds. The van der Waals surface area contributed by atoms with Crippen LogP contribution in [0.25, 0.3) is 6.08 Å². The van der Waals surface area contributed by atoms with Gasteiger partial charge in [-0.2, -0.15) is 0 Å². The summed E-state index contributed by atoms with van der Waals surface area (Å²) in [6, 6.07) is 11.1. The molecule has 0 unspecified atom stereocenters. The Balaban J connectivity index is 1.55. The van der Waals surface area contributed by atoms with Crippen molar-refractivity contribution in [2.24, 2.45) is 11.7 Å². The van der Waals surface area contributed by atoms with E-state index in [4.69, 9.17) is 10.2 Å². The van der Waals surface area contributed by atoms with Gasteiger partial charge in [0.1, 0.15) is 6.26 Å². The van der Waals surface area contributed by atoms with Gasteiger partial charge < -0.3 is 15.5 Å². The third kappa shape index (κ3) is 3.64. The molecule has 3 N–H and O–H groups in total. The van der Waals surface area contributed by atoms with E-state index in [-0.39, 0.29) is 0 Å². The number of nitrogens with zero attached hydrogens (tertiary/aromatic N) is 1. The highest BCUT2D eigenvalue weighted by molar-refractivity contribution is 5.54. The molecule has 0 saturated heterocycles. The molecule has 1 aliphatic carbocycles. The standard InChI is InChI=1S/C18H23N3O/c1-2-14(8-13-6-4-3-5-7-13)16-9-17(16)20-11-18-21-15(10-19)12-22-18/h3-8,12,16-17,20H,2,9-11,19H2,1H3/b14-8+/t16-,17+/m0/s1. The van der Waals surface area contributed by atoms with Crippen molar-refractivity contribution in [1.29, 1.82) is 0 Å². The van der Waals surface area contributed by atoms with Gasteiger partial charge >= 0.3 is 0 Å². The molecule has 2 atom stereocenters. The lowest BCUT2D eigenvalue weighted by molar-refractivity contribution is 0.464. The largest absolute Gasteiger partial charge is 0.447 e. The van der Waals surface area contributed by atoms with Crippen LogP contribution in [0.4, 0.5) is 0 Å². The summed E-state index contributed by atoms with van der Waals surface area (Å²) in [5.41, 5.74) is 9.14. The van der Waals surface area contributed by atoms with E-state index in [0.29, 0.717) is 25.0 Å². The van der Waals surface area contributed by atoms with Crippen LogP contribution in [0.3, 0.4) is 0 Å². The van der Waals surface area contributed by atoms with Gasteiger partial charge in [0.15, 0.2) is 0 Å². The molecule has 0 aliphatic heterocycles. The lowest BCUT2D eigenvalue weighted by Crippen LogP contribution is -2.18. The molecular weight excluding hydrogens is 274 g/mol. The summed E-state index contributed by atoms with van der Waals surface area (Å²) in [7, 11) is 0. The number of benzene rings is 1. The van der Waals surface area contributed by atoms with Crippen molar-refractivity contribution in [2.75, 3.05) is 0 Å². The quantitative estimate of drug-likeness (QED) is 0.824. The summed E-state index contributed by atoms with van der Waals surface area (Å²) in [5.74, 6) is 1.35. The van der Waals surface area contributed by atoms with Crippen molar-refractivity contribution in [3.05, 3.63) is 59.3 Å². The van der Waals surface area contributed by atoms with E-state index in [1.165, 1.54) is 17.6 Å². The predicted molar refractivity (Wildman–Crippen MR) is 87.8 cm³/mol. The second-order valence-corrected chi connectivity index (χ2v) is 5.75. The first-order valence-electron chi connectivity index (χ1n) is 7.92. The topological polar surface area (TPSA) is 64.1 Å². The maximum Gasteiger partial charge on any atom is 0.208 e. The summed E-state index contributed by atoms with van der Waals surface area (Å²) in [5, 5.41) is 3.52. The monoisotopic (exact) mass is 297 g/mol. The number of nitrogens with two attached hydrogens (primary N) is 1. The van der Waals surface area contributed by atoms with Crippen LogP contribution in [0.5, 0.6) is 0 Å². The summed E-state index contributed by atoms with van der Waals surface area (Å²) in [4.78, 5) is 4.32. The lowest BCUT2D eigenvalue weighted by Gasteiger charge is -2.05. The molecule has 0 bridgehead atoms. The SMILES string of the molecule is CC/C(=C\c1ccccc1)[C@@H]1C[C@H]1NCc1nc(CN)co1. The van der Waals surface area contributed by atoms with Crippen LogP contribution < -0.4 is 11.1 Å². The second-order valence-electron chi connectivity index (χ2n) is 5.75. The zero-order valence-electron chi connectivity index (χ0n) is 13.0. The Labute approximate surface area is 131 Å². The highest BCUT2D eigenvalue weighted by Crippen LogP contribution is 2.39. The molecule has 3 rings (SSSR count). The summed E-state index contributed by atoms with van der Waals surface area (Å²) < 4.78 is 5.38. The van der Waals surface area contributed by atoms with Gasteiger partial charge in [-0.15, -0.1) is 0 Å². The van der Waals surface area contributed by atoms with Crippen LogP contribution in [0.15, 0.2) is 46.6 Å². The molecule has 4 nitrogen and oxygen atoms in total. The minimum absolute atomic E-state index is 0.426. The number of hydrogen-bond acceptors (Lipinski definition) is 4. The fourth-order valence-corrected chi connectivity index (χ4v) is 2.81. The molecule has 1 saturated carbocycles.